The van der Waals surface area contributed by atoms with E-state index in [-0.39, 0.29) is 0 Å². The zero-order valence-electron chi connectivity index (χ0n) is 13.0. The lowest BCUT2D eigenvalue weighted by atomic mass is 10.1. The molecule has 114 valence electrons. The summed E-state index contributed by atoms with van der Waals surface area (Å²) in [4.78, 5) is 0. The van der Waals surface area contributed by atoms with E-state index in [1.54, 1.807) is 0 Å². The van der Waals surface area contributed by atoms with E-state index in [0.29, 0.717) is 0 Å². The quantitative estimate of drug-likeness (QED) is 0.350. The summed E-state index contributed by atoms with van der Waals surface area (Å²) in [7, 11) is 0. The molecule has 1 unspecified atom stereocenters. The van der Waals surface area contributed by atoms with E-state index < -0.39 is 5.32 Å². The van der Waals surface area contributed by atoms with Crippen molar-refractivity contribution in [3.05, 3.63) is 35.9 Å². The van der Waals surface area contributed by atoms with Gasteiger partial charge in [0.2, 0.25) is 5.32 Å². The fraction of sp³-hybridized carbons (Fsp3) is 0.625. The molecule has 0 saturated carbocycles. The van der Waals surface area contributed by atoms with Crippen LogP contribution < -0.4 is 0 Å². The molecule has 1 atom stereocenters. The van der Waals surface area contributed by atoms with Crippen LogP contribution in [0.4, 0.5) is 0 Å². The van der Waals surface area contributed by atoms with E-state index in [9.17, 15) is 0 Å². The number of halogens is 1. The number of nitrogens with zero attached hydrogens (tertiary/aromatic N) is 1. The molecule has 0 amide bonds. The van der Waals surface area contributed by atoms with Crippen LogP contribution in [0.5, 0.6) is 0 Å². The van der Waals surface area contributed by atoms with Gasteiger partial charge in [-0.2, -0.15) is 4.67 Å². The van der Waals surface area contributed by atoms with Crippen LogP contribution in [-0.2, 0) is 6.42 Å². The second-order valence-corrected chi connectivity index (χ2v) is 15.5. The van der Waals surface area contributed by atoms with Crippen molar-refractivity contribution in [2.24, 2.45) is 0 Å². The van der Waals surface area contributed by atoms with Crippen LogP contribution in [0, 0.1) is 0 Å². The van der Waals surface area contributed by atoms with E-state index >= 15 is 0 Å². The average Bonchev–Trinajstić information content (AvgIpc) is 2.49. The van der Waals surface area contributed by atoms with Crippen LogP contribution in [0.3, 0.4) is 0 Å². The Labute approximate surface area is 137 Å². The van der Waals surface area contributed by atoms with E-state index in [0.717, 1.165) is 13.1 Å². The molecule has 0 N–H and O–H groups in total. The van der Waals surface area contributed by atoms with Gasteiger partial charge < -0.3 is 0 Å². The van der Waals surface area contributed by atoms with Gasteiger partial charge in [-0.1, -0.05) is 30.3 Å². The van der Waals surface area contributed by atoms with E-state index in [2.05, 4.69) is 82.6 Å². The van der Waals surface area contributed by atoms with Crippen LogP contribution in [0.25, 0.3) is 0 Å². The molecule has 1 aromatic rings. The van der Waals surface area contributed by atoms with Gasteiger partial charge in [0.05, 0.1) is 6.16 Å². The third-order valence-electron chi connectivity index (χ3n) is 3.53. The Balaban J connectivity index is 2.28. The lowest BCUT2D eigenvalue weighted by Crippen LogP contribution is -2.20. The predicted octanol–water partition coefficient (Wildman–Crippen LogP) is 6.26. The summed E-state index contributed by atoms with van der Waals surface area (Å²) in [6.07, 6.45) is 5.07. The monoisotopic (exact) mass is 376 g/mol. The third-order valence-corrected chi connectivity index (χ3v) is 14.5. The molecule has 0 spiro atoms. The average molecular weight is 377 g/mol. The Morgan fingerprint density at radius 3 is 2.25 bits per heavy atom. The highest BCUT2D eigenvalue weighted by Gasteiger charge is 2.40. The largest absolute Gasteiger partial charge is 0.211 e. The standard InChI is InChI=1S/C16H28BrNPS/c1-4-18(5-2)19(17,6-3)20-15-11-10-14-16-12-8-7-9-13-16/h7-9,12-13H,4-6,10-11,14-15H2,1-3H3/q+1. The summed E-state index contributed by atoms with van der Waals surface area (Å²) < 4.78 is 2.62. The Morgan fingerprint density at radius 1 is 1.05 bits per heavy atom. The molecule has 20 heavy (non-hydrogen) atoms. The van der Waals surface area contributed by atoms with Gasteiger partial charge in [-0.3, -0.25) is 0 Å². The first-order chi connectivity index (χ1) is 9.66. The van der Waals surface area contributed by atoms with Crippen molar-refractivity contribution in [2.45, 2.75) is 40.0 Å². The first-order valence-electron chi connectivity index (χ1n) is 7.67. The smallest absolute Gasteiger partial charge is 0.160 e. The Morgan fingerprint density at radius 2 is 1.70 bits per heavy atom. The molecule has 0 aliphatic rings. The molecule has 1 aromatic carbocycles. The van der Waals surface area contributed by atoms with Crippen molar-refractivity contribution >= 4 is 32.2 Å². The lowest BCUT2D eigenvalue weighted by molar-refractivity contribution is 0.511. The third kappa shape index (κ3) is 6.05. The number of hydrogen-bond acceptors (Lipinski definition) is 2. The molecule has 0 radical (unpaired) electrons. The predicted molar refractivity (Wildman–Crippen MR) is 101 cm³/mol. The van der Waals surface area contributed by atoms with Gasteiger partial charge in [0.15, 0.2) is 15.5 Å². The Bertz CT molecular complexity index is 359. The molecule has 1 rings (SSSR count). The lowest BCUT2D eigenvalue weighted by Gasteiger charge is -2.27. The molecule has 4 heteroatoms. The van der Waals surface area contributed by atoms with E-state index in [1.165, 1.54) is 36.7 Å². The van der Waals surface area contributed by atoms with Crippen molar-refractivity contribution in [1.29, 1.82) is 0 Å². The topological polar surface area (TPSA) is 3.24 Å². The van der Waals surface area contributed by atoms with Crippen molar-refractivity contribution in [1.82, 2.24) is 4.67 Å². The minimum atomic E-state index is -1.11. The first kappa shape index (κ1) is 18.5. The normalized spacial score (nSPS) is 14.4. The molecular weight excluding hydrogens is 349 g/mol. The minimum absolute atomic E-state index is 1.11. The molecule has 1 nitrogen and oxygen atoms in total. The molecule has 0 heterocycles. The van der Waals surface area contributed by atoms with Crippen LogP contribution in [0.2, 0.25) is 0 Å². The van der Waals surface area contributed by atoms with Gasteiger partial charge in [0, 0.05) is 30.2 Å². The zero-order valence-corrected chi connectivity index (χ0v) is 16.3. The molecule has 0 fully saturated rings. The summed E-state index contributed by atoms with van der Waals surface area (Å²) in [6, 6.07) is 10.8. The van der Waals surface area contributed by atoms with E-state index in [1.807, 2.05) is 0 Å². The molecular formula is C16H28BrNPS+. The van der Waals surface area contributed by atoms with Crippen LogP contribution in [0.1, 0.15) is 39.2 Å². The fourth-order valence-electron chi connectivity index (χ4n) is 2.30. The van der Waals surface area contributed by atoms with Crippen LogP contribution in [0.15, 0.2) is 30.3 Å². The maximum absolute atomic E-state index is 4.07. The summed E-state index contributed by atoms with van der Waals surface area (Å²) in [5.41, 5.74) is 1.47. The Kier molecular flexibility index (Phi) is 9.44. The van der Waals surface area contributed by atoms with Gasteiger partial charge in [-0.05, 0) is 45.6 Å². The molecule has 0 aliphatic carbocycles. The van der Waals surface area contributed by atoms with Gasteiger partial charge >= 0.3 is 0 Å². The highest BCUT2D eigenvalue weighted by molar-refractivity contribution is 9.51. The maximum Gasteiger partial charge on any atom is 0.211 e. The summed E-state index contributed by atoms with van der Waals surface area (Å²) in [6.45, 7) is 9.16. The fourth-order valence-corrected chi connectivity index (χ4v) is 10.1. The van der Waals surface area contributed by atoms with Gasteiger partial charge in [-0.25, -0.2) is 0 Å². The highest BCUT2D eigenvalue weighted by atomic mass is 79.9. The number of benzene rings is 1. The van der Waals surface area contributed by atoms with Gasteiger partial charge in [0.1, 0.15) is 0 Å². The molecule has 0 aromatic heterocycles. The number of aryl methyl sites for hydroxylation is 1. The van der Waals surface area contributed by atoms with Crippen molar-refractivity contribution < 1.29 is 0 Å². The summed E-state index contributed by atoms with van der Waals surface area (Å²) >= 11 is 6.24. The Hall–Kier alpha value is 0.440. The highest BCUT2D eigenvalue weighted by Crippen LogP contribution is 2.78. The van der Waals surface area contributed by atoms with Crippen molar-refractivity contribution in [3.8, 4) is 0 Å². The molecule has 0 bridgehead atoms. The second kappa shape index (κ2) is 10.2. The van der Waals surface area contributed by atoms with Crippen molar-refractivity contribution in [3.63, 3.8) is 0 Å². The number of unbranched alkanes of at least 4 members (excludes halogenated alkanes) is 1. The number of hydrogen-bond donors (Lipinski definition) is 0. The number of rotatable bonds is 10. The minimum Gasteiger partial charge on any atom is -0.160 e. The summed E-state index contributed by atoms with van der Waals surface area (Å²) in [5, 5.41) is -1.11. The van der Waals surface area contributed by atoms with E-state index in [4.69, 9.17) is 0 Å². The maximum atomic E-state index is 4.07. The molecule has 0 aliphatic heterocycles. The zero-order chi connectivity index (χ0) is 14.8. The van der Waals surface area contributed by atoms with Crippen molar-refractivity contribution in [2.75, 3.05) is 25.0 Å². The first-order valence-corrected chi connectivity index (χ1v) is 13.2. The molecule has 0 saturated heterocycles. The van der Waals surface area contributed by atoms with Gasteiger partial charge in [-0.15, -0.1) is 0 Å². The van der Waals surface area contributed by atoms with Crippen LogP contribution >= 0.6 is 32.2 Å². The SMILES string of the molecule is CCN(CC)[P+](Br)(CC)SCCCCc1ccccc1. The van der Waals surface area contributed by atoms with Gasteiger partial charge in [0.25, 0.3) is 0 Å². The second-order valence-electron chi connectivity index (χ2n) is 4.85. The van der Waals surface area contributed by atoms with Crippen LogP contribution in [-0.4, -0.2) is 29.7 Å². The summed E-state index contributed by atoms with van der Waals surface area (Å²) in [5.74, 6) is 1.27.